The number of hydrogen-bond acceptors (Lipinski definition) is 3. The van der Waals surface area contributed by atoms with Crippen LogP contribution < -0.4 is 5.32 Å². The molecule has 0 aromatic heterocycles. The molecular formula is C15H17NO4. The molecule has 1 rings (SSSR count). The van der Waals surface area contributed by atoms with Crippen LogP contribution in [-0.4, -0.2) is 22.8 Å². The Labute approximate surface area is 117 Å². The van der Waals surface area contributed by atoms with Gasteiger partial charge in [-0.05, 0) is 38.5 Å². The topological polar surface area (TPSA) is 75.6 Å². The molecule has 0 aliphatic carbocycles. The third kappa shape index (κ3) is 4.65. The predicted molar refractivity (Wildman–Crippen MR) is 74.1 cm³/mol. The maximum atomic E-state index is 11.6. The first-order valence-electron chi connectivity index (χ1n) is 6.02. The van der Waals surface area contributed by atoms with Crippen LogP contribution in [-0.2, 0) is 9.53 Å². The van der Waals surface area contributed by atoms with Gasteiger partial charge in [0.1, 0.15) is 5.60 Å². The number of amides is 1. The molecule has 1 atom stereocenters. The molecule has 0 spiro atoms. The maximum absolute atomic E-state index is 11.6. The monoisotopic (exact) mass is 275 g/mol. The van der Waals surface area contributed by atoms with E-state index < -0.39 is 23.7 Å². The Bertz CT molecular complexity index is 534. The van der Waals surface area contributed by atoms with Crippen LogP contribution in [0.5, 0.6) is 0 Å². The molecule has 0 bridgehead atoms. The van der Waals surface area contributed by atoms with Gasteiger partial charge in [-0.25, -0.2) is 9.59 Å². The van der Waals surface area contributed by atoms with Gasteiger partial charge in [0.25, 0.3) is 0 Å². The van der Waals surface area contributed by atoms with Crippen molar-refractivity contribution >= 4 is 12.1 Å². The zero-order valence-corrected chi connectivity index (χ0v) is 11.6. The van der Waals surface area contributed by atoms with Gasteiger partial charge in [0.2, 0.25) is 0 Å². The third-order valence-corrected chi connectivity index (χ3v) is 2.32. The van der Waals surface area contributed by atoms with Gasteiger partial charge in [0, 0.05) is 5.56 Å². The Balaban J connectivity index is 2.87. The molecule has 5 nitrogen and oxygen atoms in total. The van der Waals surface area contributed by atoms with Crippen LogP contribution in [0.3, 0.4) is 0 Å². The zero-order chi connectivity index (χ0) is 15.3. The lowest BCUT2D eigenvalue weighted by Crippen LogP contribution is -2.38. The number of carbonyl (C=O) groups is 2. The zero-order valence-electron chi connectivity index (χ0n) is 11.6. The molecular weight excluding hydrogens is 258 g/mol. The van der Waals surface area contributed by atoms with Gasteiger partial charge in [-0.2, -0.15) is 0 Å². The molecule has 1 aromatic rings. The molecule has 0 fully saturated rings. The molecule has 1 amide bonds. The van der Waals surface area contributed by atoms with Crippen molar-refractivity contribution in [1.29, 1.82) is 0 Å². The summed E-state index contributed by atoms with van der Waals surface area (Å²) in [4.78, 5) is 22.9. The Kier molecular flexibility index (Phi) is 4.76. The molecule has 0 aliphatic heterocycles. The number of carboxylic acid groups (broad SMARTS) is 1. The average Bonchev–Trinajstić information content (AvgIpc) is 2.34. The number of terminal acetylenes is 1. The standard InChI is InChI=1S/C15H17NO4/c1-5-10-6-8-11(9-7-10)12(13(17)18)16-14(19)20-15(2,3)4/h1,6-9,12H,2-4H3,(H,16,19)(H,17,18)/t12-/m0/s1. The predicted octanol–water partition coefficient (Wildman–Crippen LogP) is 2.32. The fourth-order valence-electron chi connectivity index (χ4n) is 1.48. The molecule has 5 heteroatoms. The molecule has 0 heterocycles. The number of hydrogen-bond donors (Lipinski definition) is 2. The van der Waals surface area contributed by atoms with Crippen molar-refractivity contribution in [2.75, 3.05) is 0 Å². The second kappa shape index (κ2) is 6.11. The van der Waals surface area contributed by atoms with E-state index in [2.05, 4.69) is 11.2 Å². The summed E-state index contributed by atoms with van der Waals surface area (Å²) >= 11 is 0. The van der Waals surface area contributed by atoms with Gasteiger partial charge in [0.15, 0.2) is 6.04 Å². The number of benzene rings is 1. The Morgan fingerprint density at radius 3 is 2.25 bits per heavy atom. The summed E-state index contributed by atoms with van der Waals surface area (Å²) in [6, 6.07) is 5.16. The summed E-state index contributed by atoms with van der Waals surface area (Å²) in [7, 11) is 0. The second-order valence-corrected chi connectivity index (χ2v) is 5.18. The Morgan fingerprint density at radius 1 is 1.30 bits per heavy atom. The van der Waals surface area contributed by atoms with E-state index in [4.69, 9.17) is 11.2 Å². The molecule has 1 aromatic carbocycles. The lowest BCUT2D eigenvalue weighted by atomic mass is 10.1. The molecule has 0 aliphatic rings. The second-order valence-electron chi connectivity index (χ2n) is 5.18. The van der Waals surface area contributed by atoms with Crippen molar-refractivity contribution in [3.05, 3.63) is 35.4 Å². The number of alkyl carbamates (subject to hydrolysis) is 1. The first kappa shape index (κ1) is 15.6. The molecule has 20 heavy (non-hydrogen) atoms. The van der Waals surface area contributed by atoms with Crippen molar-refractivity contribution in [2.24, 2.45) is 0 Å². The van der Waals surface area contributed by atoms with Crippen LogP contribution in [0.15, 0.2) is 24.3 Å². The normalized spacial score (nSPS) is 12.1. The van der Waals surface area contributed by atoms with E-state index >= 15 is 0 Å². The van der Waals surface area contributed by atoms with Gasteiger partial charge >= 0.3 is 12.1 Å². The number of aliphatic carboxylic acids is 1. The number of nitrogens with one attached hydrogen (secondary N) is 1. The summed E-state index contributed by atoms with van der Waals surface area (Å²) in [5.74, 6) is 1.26. The van der Waals surface area contributed by atoms with E-state index in [0.717, 1.165) is 0 Å². The van der Waals surface area contributed by atoms with E-state index in [0.29, 0.717) is 11.1 Å². The molecule has 0 saturated carbocycles. The van der Waals surface area contributed by atoms with E-state index in [1.54, 1.807) is 45.0 Å². The van der Waals surface area contributed by atoms with Crippen LogP contribution >= 0.6 is 0 Å². The Hall–Kier alpha value is -2.48. The average molecular weight is 275 g/mol. The van der Waals surface area contributed by atoms with Gasteiger partial charge in [-0.1, -0.05) is 18.1 Å². The summed E-state index contributed by atoms with van der Waals surface area (Å²) in [5.41, 5.74) is 0.359. The summed E-state index contributed by atoms with van der Waals surface area (Å²) in [6.07, 6.45) is 4.44. The van der Waals surface area contributed by atoms with Gasteiger partial charge in [-0.15, -0.1) is 6.42 Å². The summed E-state index contributed by atoms with van der Waals surface area (Å²) < 4.78 is 5.04. The molecule has 0 unspecified atom stereocenters. The van der Waals surface area contributed by atoms with Crippen molar-refractivity contribution in [3.63, 3.8) is 0 Å². The SMILES string of the molecule is C#Cc1ccc([C@H](NC(=O)OC(C)(C)C)C(=O)O)cc1. The van der Waals surface area contributed by atoms with Crippen LogP contribution in [0.2, 0.25) is 0 Å². The smallest absolute Gasteiger partial charge is 0.408 e. The lowest BCUT2D eigenvalue weighted by Gasteiger charge is -2.22. The van der Waals surface area contributed by atoms with Crippen LogP contribution in [0.25, 0.3) is 0 Å². The molecule has 106 valence electrons. The van der Waals surface area contributed by atoms with E-state index in [-0.39, 0.29) is 0 Å². The van der Waals surface area contributed by atoms with Gasteiger partial charge in [0.05, 0.1) is 0 Å². The highest BCUT2D eigenvalue weighted by Crippen LogP contribution is 2.16. The maximum Gasteiger partial charge on any atom is 0.408 e. The number of carboxylic acids is 1. The van der Waals surface area contributed by atoms with Crippen LogP contribution in [0.1, 0.15) is 37.9 Å². The molecule has 0 radical (unpaired) electrons. The largest absolute Gasteiger partial charge is 0.479 e. The van der Waals surface area contributed by atoms with Crippen molar-refractivity contribution in [1.82, 2.24) is 5.32 Å². The minimum absolute atomic E-state index is 0.419. The minimum atomic E-state index is -1.18. The summed E-state index contributed by atoms with van der Waals surface area (Å²) in [6.45, 7) is 5.10. The van der Waals surface area contributed by atoms with Gasteiger partial charge in [-0.3, -0.25) is 0 Å². The highest BCUT2D eigenvalue weighted by Gasteiger charge is 2.25. The van der Waals surface area contributed by atoms with Crippen molar-refractivity contribution in [3.8, 4) is 12.3 Å². The van der Waals surface area contributed by atoms with E-state index in [1.807, 2.05) is 0 Å². The lowest BCUT2D eigenvalue weighted by molar-refractivity contribution is -0.139. The highest BCUT2D eigenvalue weighted by atomic mass is 16.6. The number of ether oxygens (including phenoxy) is 1. The first-order chi connectivity index (χ1) is 9.23. The summed E-state index contributed by atoms with van der Waals surface area (Å²) in [5, 5.41) is 11.5. The van der Waals surface area contributed by atoms with Gasteiger partial charge < -0.3 is 15.2 Å². The van der Waals surface area contributed by atoms with E-state index in [1.165, 1.54) is 0 Å². The van der Waals surface area contributed by atoms with Crippen molar-refractivity contribution < 1.29 is 19.4 Å². The number of carbonyl (C=O) groups excluding carboxylic acids is 1. The van der Waals surface area contributed by atoms with Crippen molar-refractivity contribution in [2.45, 2.75) is 32.4 Å². The van der Waals surface area contributed by atoms with E-state index in [9.17, 15) is 14.7 Å². The fraction of sp³-hybridized carbons (Fsp3) is 0.333. The highest BCUT2D eigenvalue weighted by molar-refractivity contribution is 5.81. The quantitative estimate of drug-likeness (QED) is 0.830. The van der Waals surface area contributed by atoms with Crippen LogP contribution in [0.4, 0.5) is 4.79 Å². The molecule has 0 saturated heterocycles. The molecule has 2 N–H and O–H groups in total. The first-order valence-corrected chi connectivity index (χ1v) is 6.02. The Morgan fingerprint density at radius 2 is 1.85 bits per heavy atom. The third-order valence-electron chi connectivity index (χ3n) is 2.32. The fourth-order valence-corrected chi connectivity index (χ4v) is 1.48. The number of rotatable bonds is 3. The van der Waals surface area contributed by atoms with Crippen LogP contribution in [0, 0.1) is 12.3 Å². The minimum Gasteiger partial charge on any atom is -0.479 e.